The monoisotopic (exact) mass is 466 g/mol. The molecule has 0 saturated carbocycles. The first-order valence-electron chi connectivity index (χ1n) is 11.8. The topological polar surface area (TPSA) is 76.5 Å². The van der Waals surface area contributed by atoms with Gasteiger partial charge in [0.05, 0.1) is 31.0 Å². The second kappa shape index (κ2) is 10.2. The molecule has 2 aliphatic rings. The Bertz CT molecular complexity index is 1170. The Morgan fingerprint density at radius 2 is 1.94 bits per heavy atom. The zero-order valence-corrected chi connectivity index (χ0v) is 19.6. The summed E-state index contributed by atoms with van der Waals surface area (Å²) in [7, 11) is 0. The standard InChI is InChI=1S/C25H30N4O3S/c30-22(27-20(18-6-2-1-3-7-18)16-28-12-14-32-15-13-28)10-11-29-17-26-24-23(25(29)31)19-8-4-5-9-21(19)33-24/h1-3,6-7,17,20H,4-5,8-16H2,(H,27,30). The first-order chi connectivity index (χ1) is 16.2. The van der Waals surface area contributed by atoms with E-state index >= 15 is 0 Å². The lowest BCUT2D eigenvalue weighted by Gasteiger charge is -2.31. The SMILES string of the molecule is O=C(CCn1cnc2sc3c(c2c1=O)CCCC3)NC(CN1CCOCC1)c1ccccc1. The van der Waals surface area contributed by atoms with Gasteiger partial charge in [0.1, 0.15) is 4.83 Å². The Hall–Kier alpha value is -2.55. The number of nitrogens with one attached hydrogen (secondary N) is 1. The lowest BCUT2D eigenvalue weighted by Crippen LogP contribution is -2.43. The quantitative estimate of drug-likeness (QED) is 0.580. The van der Waals surface area contributed by atoms with Crippen molar-refractivity contribution >= 4 is 27.5 Å². The normalized spacial score (nSPS) is 17.6. The van der Waals surface area contributed by atoms with Gasteiger partial charge in [0.25, 0.3) is 5.56 Å². The van der Waals surface area contributed by atoms with Crippen LogP contribution in [0.15, 0.2) is 41.5 Å². The maximum Gasteiger partial charge on any atom is 0.262 e. The molecular weight excluding hydrogens is 436 g/mol. The van der Waals surface area contributed by atoms with Gasteiger partial charge in [0, 0.05) is 37.5 Å². The van der Waals surface area contributed by atoms with Crippen LogP contribution in [0.5, 0.6) is 0 Å². The molecule has 1 aliphatic carbocycles. The van der Waals surface area contributed by atoms with Crippen LogP contribution in [0.25, 0.3) is 10.2 Å². The number of aryl methyl sites for hydroxylation is 3. The van der Waals surface area contributed by atoms with Crippen LogP contribution >= 0.6 is 11.3 Å². The minimum absolute atomic E-state index is 0.0138. The molecule has 1 atom stereocenters. The smallest absolute Gasteiger partial charge is 0.262 e. The summed E-state index contributed by atoms with van der Waals surface area (Å²) in [6.45, 7) is 4.25. The Balaban J connectivity index is 1.28. The average molecular weight is 467 g/mol. The second-order valence-corrected chi connectivity index (χ2v) is 9.91. The van der Waals surface area contributed by atoms with E-state index in [1.807, 2.05) is 30.3 Å². The van der Waals surface area contributed by atoms with E-state index < -0.39 is 0 Å². The summed E-state index contributed by atoms with van der Waals surface area (Å²) in [6, 6.07) is 9.97. The fourth-order valence-electron chi connectivity index (χ4n) is 4.79. The molecule has 7 nitrogen and oxygen atoms in total. The molecule has 0 bridgehead atoms. The molecule has 8 heteroatoms. The Labute approximate surface area is 197 Å². The van der Waals surface area contributed by atoms with E-state index in [1.54, 1.807) is 22.2 Å². The van der Waals surface area contributed by atoms with Crippen molar-refractivity contribution in [1.82, 2.24) is 19.8 Å². The lowest BCUT2D eigenvalue weighted by atomic mass is 9.97. The number of hydrogen-bond donors (Lipinski definition) is 1. The molecule has 5 rings (SSSR count). The molecular formula is C25H30N4O3S. The van der Waals surface area contributed by atoms with Crippen LogP contribution in [0.1, 0.15) is 41.3 Å². The summed E-state index contributed by atoms with van der Waals surface area (Å²) >= 11 is 1.65. The van der Waals surface area contributed by atoms with E-state index in [0.29, 0.717) is 6.54 Å². The highest BCUT2D eigenvalue weighted by atomic mass is 32.1. The highest BCUT2D eigenvalue weighted by Gasteiger charge is 2.22. The molecule has 1 saturated heterocycles. The van der Waals surface area contributed by atoms with Gasteiger partial charge in [-0.05, 0) is 36.8 Å². The predicted octanol–water partition coefficient (Wildman–Crippen LogP) is 2.92. The van der Waals surface area contributed by atoms with Gasteiger partial charge in [0.15, 0.2) is 0 Å². The van der Waals surface area contributed by atoms with Crippen LogP contribution in [0.4, 0.5) is 0 Å². The average Bonchev–Trinajstić information content (AvgIpc) is 3.24. The van der Waals surface area contributed by atoms with E-state index in [9.17, 15) is 9.59 Å². The predicted molar refractivity (Wildman–Crippen MR) is 130 cm³/mol. The molecule has 174 valence electrons. The van der Waals surface area contributed by atoms with Crippen LogP contribution in [-0.4, -0.2) is 53.2 Å². The summed E-state index contributed by atoms with van der Waals surface area (Å²) < 4.78 is 7.06. The van der Waals surface area contributed by atoms with Crippen LogP contribution in [0.2, 0.25) is 0 Å². The number of benzene rings is 1. The number of carbonyl (C=O) groups is 1. The summed E-state index contributed by atoms with van der Waals surface area (Å²) in [6.07, 6.45) is 6.15. The molecule has 3 aromatic rings. The number of nitrogens with zero attached hydrogens (tertiary/aromatic N) is 3. The van der Waals surface area contributed by atoms with Gasteiger partial charge in [-0.15, -0.1) is 11.3 Å². The highest BCUT2D eigenvalue weighted by Crippen LogP contribution is 2.33. The molecule has 0 spiro atoms. The first kappa shape index (κ1) is 22.3. The molecule has 1 amide bonds. The van der Waals surface area contributed by atoms with Gasteiger partial charge in [-0.2, -0.15) is 0 Å². The summed E-state index contributed by atoms with van der Waals surface area (Å²) in [5, 5.41) is 3.97. The van der Waals surface area contributed by atoms with Crippen LogP contribution in [-0.2, 0) is 28.9 Å². The van der Waals surface area contributed by atoms with Crippen molar-refractivity contribution in [2.45, 2.75) is 44.7 Å². The van der Waals surface area contributed by atoms with E-state index in [4.69, 9.17) is 4.74 Å². The van der Waals surface area contributed by atoms with Gasteiger partial charge in [-0.3, -0.25) is 19.1 Å². The molecule has 33 heavy (non-hydrogen) atoms. The zero-order chi connectivity index (χ0) is 22.6. The van der Waals surface area contributed by atoms with Crippen molar-refractivity contribution < 1.29 is 9.53 Å². The number of rotatable bonds is 7. The van der Waals surface area contributed by atoms with Crippen molar-refractivity contribution in [1.29, 1.82) is 0 Å². The van der Waals surface area contributed by atoms with E-state index in [-0.39, 0.29) is 23.9 Å². The second-order valence-electron chi connectivity index (χ2n) is 8.83. The van der Waals surface area contributed by atoms with Gasteiger partial charge < -0.3 is 10.1 Å². The number of morpholine rings is 1. The Kier molecular flexibility index (Phi) is 6.85. The molecule has 1 fully saturated rings. The minimum Gasteiger partial charge on any atom is -0.379 e. The van der Waals surface area contributed by atoms with Gasteiger partial charge in [-0.1, -0.05) is 30.3 Å². The van der Waals surface area contributed by atoms with Crippen molar-refractivity contribution in [2.24, 2.45) is 0 Å². The number of ether oxygens (including phenoxy) is 1. The third kappa shape index (κ3) is 5.03. The van der Waals surface area contributed by atoms with Crippen LogP contribution < -0.4 is 10.9 Å². The molecule has 3 heterocycles. The van der Waals surface area contributed by atoms with Gasteiger partial charge >= 0.3 is 0 Å². The van der Waals surface area contributed by atoms with E-state index in [2.05, 4.69) is 15.2 Å². The van der Waals surface area contributed by atoms with Crippen LogP contribution in [0, 0.1) is 0 Å². The minimum atomic E-state index is -0.0991. The van der Waals surface area contributed by atoms with E-state index in [1.165, 1.54) is 16.9 Å². The summed E-state index contributed by atoms with van der Waals surface area (Å²) in [5.74, 6) is -0.0588. The third-order valence-corrected chi connectivity index (χ3v) is 7.80. The van der Waals surface area contributed by atoms with Crippen molar-refractivity contribution in [3.63, 3.8) is 0 Å². The number of aromatic nitrogens is 2. The number of carbonyl (C=O) groups excluding carboxylic acids is 1. The molecule has 1 N–H and O–H groups in total. The summed E-state index contributed by atoms with van der Waals surface area (Å²) in [5.41, 5.74) is 2.26. The Morgan fingerprint density at radius 1 is 1.15 bits per heavy atom. The molecule has 0 radical (unpaired) electrons. The number of hydrogen-bond acceptors (Lipinski definition) is 6. The highest BCUT2D eigenvalue weighted by molar-refractivity contribution is 7.18. The fraction of sp³-hybridized carbons (Fsp3) is 0.480. The maximum atomic E-state index is 13.2. The molecule has 1 unspecified atom stereocenters. The van der Waals surface area contributed by atoms with Gasteiger partial charge in [-0.25, -0.2) is 4.98 Å². The van der Waals surface area contributed by atoms with Crippen molar-refractivity contribution in [3.05, 3.63) is 63.0 Å². The van der Waals surface area contributed by atoms with Gasteiger partial charge in [0.2, 0.25) is 5.91 Å². The van der Waals surface area contributed by atoms with E-state index in [0.717, 1.165) is 67.9 Å². The zero-order valence-electron chi connectivity index (χ0n) is 18.8. The van der Waals surface area contributed by atoms with Crippen LogP contribution in [0.3, 0.4) is 0 Å². The summed E-state index contributed by atoms with van der Waals surface area (Å²) in [4.78, 5) is 35.1. The lowest BCUT2D eigenvalue weighted by molar-refractivity contribution is -0.122. The van der Waals surface area contributed by atoms with Crippen molar-refractivity contribution in [3.8, 4) is 0 Å². The molecule has 1 aromatic carbocycles. The third-order valence-electron chi connectivity index (χ3n) is 6.60. The number of amides is 1. The Morgan fingerprint density at radius 3 is 2.76 bits per heavy atom. The number of thiophene rings is 1. The largest absolute Gasteiger partial charge is 0.379 e. The first-order valence-corrected chi connectivity index (χ1v) is 12.6. The number of fused-ring (bicyclic) bond motifs is 3. The fourth-order valence-corrected chi connectivity index (χ4v) is 6.01. The maximum absolute atomic E-state index is 13.2. The molecule has 1 aliphatic heterocycles. The van der Waals surface area contributed by atoms with Crippen molar-refractivity contribution in [2.75, 3.05) is 32.8 Å². The molecule has 2 aromatic heterocycles.